The standard InChI is InChI=1S/C15H11FN2O2/c16-13-3-1-10(2-4-13)15(20)18-7-11-5-14(9-19)17-6-12(11)8-18/h1-6,9H,7-8H2. The van der Waals surface area contributed by atoms with Gasteiger partial charge in [-0.2, -0.15) is 0 Å². The number of rotatable bonds is 2. The Balaban J connectivity index is 1.82. The molecule has 1 aliphatic heterocycles. The zero-order valence-electron chi connectivity index (χ0n) is 10.5. The topological polar surface area (TPSA) is 50.3 Å². The molecule has 0 unspecified atom stereocenters. The highest BCUT2D eigenvalue weighted by atomic mass is 19.1. The molecule has 0 bridgehead atoms. The van der Waals surface area contributed by atoms with E-state index in [0.29, 0.717) is 30.6 Å². The van der Waals surface area contributed by atoms with Gasteiger partial charge in [0.25, 0.3) is 5.91 Å². The second-order valence-electron chi connectivity index (χ2n) is 4.66. The second-order valence-corrected chi connectivity index (χ2v) is 4.66. The highest BCUT2D eigenvalue weighted by Gasteiger charge is 2.24. The van der Waals surface area contributed by atoms with E-state index in [-0.39, 0.29) is 11.7 Å². The van der Waals surface area contributed by atoms with Crippen LogP contribution in [0.5, 0.6) is 0 Å². The van der Waals surface area contributed by atoms with E-state index in [9.17, 15) is 14.0 Å². The summed E-state index contributed by atoms with van der Waals surface area (Å²) in [6.45, 7) is 0.895. The maximum absolute atomic E-state index is 12.9. The Morgan fingerprint density at radius 3 is 2.60 bits per heavy atom. The maximum atomic E-state index is 12.9. The Labute approximate surface area is 114 Å². The first-order valence-electron chi connectivity index (χ1n) is 6.15. The van der Waals surface area contributed by atoms with Crippen molar-refractivity contribution in [2.45, 2.75) is 13.1 Å². The lowest BCUT2D eigenvalue weighted by Gasteiger charge is -2.15. The number of benzene rings is 1. The monoisotopic (exact) mass is 270 g/mol. The van der Waals surface area contributed by atoms with Crippen molar-refractivity contribution in [3.05, 3.63) is 64.7 Å². The first kappa shape index (κ1) is 12.5. The second kappa shape index (κ2) is 4.85. The van der Waals surface area contributed by atoms with Crippen LogP contribution in [0.15, 0.2) is 36.5 Å². The molecule has 0 atom stereocenters. The van der Waals surface area contributed by atoms with Crippen LogP contribution in [0.3, 0.4) is 0 Å². The highest BCUT2D eigenvalue weighted by Crippen LogP contribution is 2.24. The fourth-order valence-corrected chi connectivity index (χ4v) is 2.28. The molecule has 1 aromatic carbocycles. The minimum absolute atomic E-state index is 0.158. The molecule has 0 radical (unpaired) electrons. The van der Waals surface area contributed by atoms with Gasteiger partial charge in [-0.3, -0.25) is 14.6 Å². The number of carbonyl (C=O) groups excluding carboxylic acids is 2. The van der Waals surface area contributed by atoms with E-state index in [2.05, 4.69) is 4.98 Å². The molecule has 0 N–H and O–H groups in total. The molecule has 3 rings (SSSR count). The molecular weight excluding hydrogens is 259 g/mol. The molecule has 2 aromatic rings. The van der Waals surface area contributed by atoms with Crippen LogP contribution >= 0.6 is 0 Å². The number of amides is 1. The van der Waals surface area contributed by atoms with E-state index in [0.717, 1.165) is 11.1 Å². The fraction of sp³-hybridized carbons (Fsp3) is 0.133. The SMILES string of the molecule is O=Cc1cc2c(cn1)CN(C(=O)c1ccc(F)cc1)C2. The van der Waals surface area contributed by atoms with E-state index in [1.165, 1.54) is 24.3 Å². The van der Waals surface area contributed by atoms with Crippen molar-refractivity contribution < 1.29 is 14.0 Å². The van der Waals surface area contributed by atoms with Crippen LogP contribution in [0.4, 0.5) is 4.39 Å². The molecule has 1 amide bonds. The van der Waals surface area contributed by atoms with Crippen LogP contribution in [0.2, 0.25) is 0 Å². The van der Waals surface area contributed by atoms with Crippen molar-refractivity contribution in [2.24, 2.45) is 0 Å². The summed E-state index contributed by atoms with van der Waals surface area (Å²) in [7, 11) is 0. The number of hydrogen-bond acceptors (Lipinski definition) is 3. The van der Waals surface area contributed by atoms with E-state index in [1.807, 2.05) is 0 Å². The first-order chi connectivity index (χ1) is 9.67. The Hall–Kier alpha value is -2.56. The van der Waals surface area contributed by atoms with Crippen molar-refractivity contribution in [2.75, 3.05) is 0 Å². The molecular formula is C15H11FN2O2. The third-order valence-electron chi connectivity index (χ3n) is 3.33. The molecule has 2 heterocycles. The number of aldehydes is 1. The van der Waals surface area contributed by atoms with Gasteiger partial charge in [-0.05, 0) is 41.5 Å². The van der Waals surface area contributed by atoms with Crippen LogP contribution in [-0.2, 0) is 13.1 Å². The molecule has 0 fully saturated rings. The first-order valence-corrected chi connectivity index (χ1v) is 6.15. The molecule has 20 heavy (non-hydrogen) atoms. The van der Waals surface area contributed by atoms with Crippen molar-refractivity contribution >= 4 is 12.2 Å². The van der Waals surface area contributed by atoms with Gasteiger partial charge in [0.1, 0.15) is 11.5 Å². The normalized spacial score (nSPS) is 13.2. The smallest absolute Gasteiger partial charge is 0.254 e. The van der Waals surface area contributed by atoms with Gasteiger partial charge < -0.3 is 4.90 Å². The highest BCUT2D eigenvalue weighted by molar-refractivity contribution is 5.94. The lowest BCUT2D eigenvalue weighted by Crippen LogP contribution is -2.25. The number of halogens is 1. The van der Waals surface area contributed by atoms with Gasteiger partial charge in [-0.15, -0.1) is 0 Å². The summed E-state index contributed by atoms with van der Waals surface area (Å²) in [6, 6.07) is 7.16. The summed E-state index contributed by atoms with van der Waals surface area (Å²) in [4.78, 5) is 28.6. The van der Waals surface area contributed by atoms with Crippen LogP contribution in [0.25, 0.3) is 0 Å². The Bertz CT molecular complexity index is 683. The van der Waals surface area contributed by atoms with Gasteiger partial charge in [0.2, 0.25) is 0 Å². The number of nitrogens with zero attached hydrogens (tertiary/aromatic N) is 2. The third kappa shape index (κ3) is 2.18. The van der Waals surface area contributed by atoms with Crippen molar-refractivity contribution in [1.29, 1.82) is 0 Å². The third-order valence-corrected chi connectivity index (χ3v) is 3.33. The van der Waals surface area contributed by atoms with Crippen molar-refractivity contribution in [3.8, 4) is 0 Å². The minimum Gasteiger partial charge on any atom is -0.330 e. The minimum atomic E-state index is -0.369. The van der Waals surface area contributed by atoms with E-state index in [1.54, 1.807) is 17.2 Å². The summed E-state index contributed by atoms with van der Waals surface area (Å²) in [5.74, 6) is -0.528. The molecule has 4 nitrogen and oxygen atoms in total. The maximum Gasteiger partial charge on any atom is 0.254 e. The number of pyridine rings is 1. The van der Waals surface area contributed by atoms with Gasteiger partial charge in [0.15, 0.2) is 6.29 Å². The fourth-order valence-electron chi connectivity index (χ4n) is 2.28. The molecule has 0 aliphatic carbocycles. The Morgan fingerprint density at radius 2 is 1.90 bits per heavy atom. The van der Waals surface area contributed by atoms with Gasteiger partial charge in [0.05, 0.1) is 0 Å². The van der Waals surface area contributed by atoms with Gasteiger partial charge in [0, 0.05) is 24.8 Å². The van der Waals surface area contributed by atoms with E-state index in [4.69, 9.17) is 0 Å². The molecule has 0 spiro atoms. The van der Waals surface area contributed by atoms with Gasteiger partial charge in [-0.1, -0.05) is 0 Å². The summed E-state index contributed by atoms with van der Waals surface area (Å²) < 4.78 is 12.9. The van der Waals surface area contributed by atoms with Crippen LogP contribution in [-0.4, -0.2) is 22.1 Å². The number of hydrogen-bond donors (Lipinski definition) is 0. The number of aromatic nitrogens is 1. The van der Waals surface area contributed by atoms with Crippen LogP contribution in [0.1, 0.15) is 32.0 Å². The Morgan fingerprint density at radius 1 is 1.20 bits per heavy atom. The van der Waals surface area contributed by atoms with Gasteiger partial charge in [-0.25, -0.2) is 4.39 Å². The number of carbonyl (C=O) groups is 2. The van der Waals surface area contributed by atoms with Crippen LogP contribution in [0, 0.1) is 5.82 Å². The summed E-state index contributed by atoms with van der Waals surface area (Å²) in [5.41, 5.74) is 2.67. The van der Waals surface area contributed by atoms with Crippen LogP contribution < -0.4 is 0 Å². The van der Waals surface area contributed by atoms with E-state index >= 15 is 0 Å². The molecule has 1 aliphatic rings. The number of fused-ring (bicyclic) bond motifs is 1. The lowest BCUT2D eigenvalue weighted by molar-refractivity contribution is 0.0751. The average Bonchev–Trinajstić information content (AvgIpc) is 2.90. The quantitative estimate of drug-likeness (QED) is 0.786. The largest absolute Gasteiger partial charge is 0.330 e. The average molecular weight is 270 g/mol. The van der Waals surface area contributed by atoms with E-state index < -0.39 is 0 Å². The summed E-state index contributed by atoms with van der Waals surface area (Å²) >= 11 is 0. The molecule has 5 heteroatoms. The zero-order chi connectivity index (χ0) is 14.1. The molecule has 100 valence electrons. The lowest BCUT2D eigenvalue weighted by atomic mass is 10.1. The van der Waals surface area contributed by atoms with Crippen molar-refractivity contribution in [1.82, 2.24) is 9.88 Å². The zero-order valence-corrected chi connectivity index (χ0v) is 10.5. The van der Waals surface area contributed by atoms with Gasteiger partial charge >= 0.3 is 0 Å². The predicted molar refractivity (Wildman–Crippen MR) is 69.6 cm³/mol. The Kier molecular flexibility index (Phi) is 3.02. The summed E-state index contributed by atoms with van der Waals surface area (Å²) in [6.07, 6.45) is 2.31. The molecule has 1 aromatic heterocycles. The predicted octanol–water partition coefficient (Wildman–Crippen LogP) is 2.19. The summed E-state index contributed by atoms with van der Waals surface area (Å²) in [5, 5.41) is 0. The molecule has 0 saturated carbocycles. The molecule has 0 saturated heterocycles. The van der Waals surface area contributed by atoms with Crippen molar-refractivity contribution in [3.63, 3.8) is 0 Å².